The van der Waals surface area contributed by atoms with Gasteiger partial charge >= 0.3 is 0 Å². The van der Waals surface area contributed by atoms with Crippen LogP contribution in [0.25, 0.3) is 0 Å². The number of anilines is 2. The summed E-state index contributed by atoms with van der Waals surface area (Å²) in [5, 5.41) is 14.8. The zero-order valence-electron chi connectivity index (χ0n) is 24.4. The van der Waals surface area contributed by atoms with E-state index in [-0.39, 0.29) is 34.2 Å². The van der Waals surface area contributed by atoms with E-state index in [0.717, 1.165) is 11.1 Å². The van der Waals surface area contributed by atoms with Crippen LogP contribution in [-0.4, -0.2) is 37.7 Å². The van der Waals surface area contributed by atoms with Gasteiger partial charge in [0, 0.05) is 17.7 Å². The molecule has 43 heavy (non-hydrogen) atoms. The van der Waals surface area contributed by atoms with Gasteiger partial charge in [0.1, 0.15) is 22.5 Å². The largest absolute Gasteiger partial charge is 0.506 e. The van der Waals surface area contributed by atoms with Crippen molar-refractivity contribution in [1.29, 1.82) is 0 Å². The summed E-state index contributed by atoms with van der Waals surface area (Å²) in [6, 6.07) is 22.4. The lowest BCUT2D eigenvalue weighted by atomic mass is 10.1. The summed E-state index contributed by atoms with van der Waals surface area (Å²) < 4.78 is 38.2. The van der Waals surface area contributed by atoms with E-state index in [9.17, 15) is 23.1 Å². The fourth-order valence-corrected chi connectivity index (χ4v) is 6.05. The van der Waals surface area contributed by atoms with Gasteiger partial charge < -0.3 is 25.2 Å². The van der Waals surface area contributed by atoms with Gasteiger partial charge in [-0.3, -0.25) is 9.59 Å². The van der Waals surface area contributed by atoms with Crippen molar-refractivity contribution in [1.82, 2.24) is 0 Å². The number of hydrogen-bond acceptors (Lipinski definition) is 7. The molecule has 1 atom stereocenters. The number of sulfone groups is 1. The van der Waals surface area contributed by atoms with Crippen LogP contribution in [0.5, 0.6) is 23.0 Å². The van der Waals surface area contributed by atoms with E-state index in [1.807, 2.05) is 13.8 Å². The summed E-state index contributed by atoms with van der Waals surface area (Å²) in [6.45, 7) is 5.54. The van der Waals surface area contributed by atoms with Gasteiger partial charge in [0.15, 0.2) is 15.6 Å². The number of nitrogens with one attached hydrogen (secondary N) is 2. The van der Waals surface area contributed by atoms with Crippen molar-refractivity contribution in [2.75, 3.05) is 17.7 Å². The summed E-state index contributed by atoms with van der Waals surface area (Å²) in [6.07, 6.45) is 0.515. The molecule has 0 aliphatic heterocycles. The summed E-state index contributed by atoms with van der Waals surface area (Å²) >= 11 is 0. The molecular formula is C33H34N2O7S. The normalized spacial score (nSPS) is 11.8. The number of hydrogen-bond donors (Lipinski definition) is 3. The Hall–Kier alpha value is -4.83. The molecule has 0 bridgehead atoms. The van der Waals surface area contributed by atoms with Crippen molar-refractivity contribution in [3.63, 3.8) is 0 Å². The Labute approximate surface area is 251 Å². The molecule has 0 saturated carbocycles. The molecule has 0 aliphatic carbocycles. The molecular weight excluding hydrogens is 568 g/mol. The van der Waals surface area contributed by atoms with E-state index >= 15 is 0 Å². The summed E-state index contributed by atoms with van der Waals surface area (Å²) in [4.78, 5) is 26.5. The van der Waals surface area contributed by atoms with Crippen LogP contribution >= 0.6 is 0 Å². The maximum Gasteiger partial charge on any atom is 0.255 e. The van der Waals surface area contributed by atoms with Crippen molar-refractivity contribution in [2.24, 2.45) is 0 Å². The molecule has 2 amide bonds. The predicted molar refractivity (Wildman–Crippen MR) is 166 cm³/mol. The standard InChI is InChI=1S/C33H34N2O7S/c1-5-6-31(43(39,40)26-17-9-22(3)10-18-26)33(38)35-28-19-29(36)27(34-32(37)23-11-7-21(2)8-12-23)20-30(28)42-25-15-13-24(41-4)14-16-25/h7-20,31,36H,5-6H2,1-4H3,(H,34,37)(H,35,38). The van der Waals surface area contributed by atoms with Crippen molar-refractivity contribution in [3.05, 3.63) is 102 Å². The minimum absolute atomic E-state index is 0.0202. The summed E-state index contributed by atoms with van der Waals surface area (Å²) in [5.41, 5.74) is 2.31. The highest BCUT2D eigenvalue weighted by atomic mass is 32.2. The highest BCUT2D eigenvalue weighted by molar-refractivity contribution is 7.92. The van der Waals surface area contributed by atoms with Crippen molar-refractivity contribution in [3.8, 4) is 23.0 Å². The van der Waals surface area contributed by atoms with Crippen molar-refractivity contribution < 1.29 is 32.6 Å². The number of benzene rings is 4. The topological polar surface area (TPSA) is 131 Å². The van der Waals surface area contributed by atoms with Gasteiger partial charge in [-0.2, -0.15) is 0 Å². The average Bonchev–Trinajstić information content (AvgIpc) is 2.98. The van der Waals surface area contributed by atoms with E-state index in [0.29, 0.717) is 23.5 Å². The highest BCUT2D eigenvalue weighted by Crippen LogP contribution is 2.39. The van der Waals surface area contributed by atoms with E-state index in [1.54, 1.807) is 67.6 Å². The Kier molecular flexibility index (Phi) is 9.72. The third kappa shape index (κ3) is 7.52. The lowest BCUT2D eigenvalue weighted by Crippen LogP contribution is -2.35. The first-order valence-electron chi connectivity index (χ1n) is 13.7. The second kappa shape index (κ2) is 13.4. The third-order valence-electron chi connectivity index (χ3n) is 6.77. The monoisotopic (exact) mass is 602 g/mol. The van der Waals surface area contributed by atoms with Crippen LogP contribution in [-0.2, 0) is 14.6 Å². The summed E-state index contributed by atoms with van der Waals surface area (Å²) in [7, 11) is -2.50. The first-order valence-corrected chi connectivity index (χ1v) is 15.2. The quantitative estimate of drug-likeness (QED) is 0.164. The molecule has 224 valence electrons. The minimum Gasteiger partial charge on any atom is -0.506 e. The van der Waals surface area contributed by atoms with E-state index in [1.165, 1.54) is 31.4 Å². The van der Waals surface area contributed by atoms with Crippen LogP contribution in [0.1, 0.15) is 41.3 Å². The van der Waals surface area contributed by atoms with E-state index < -0.39 is 26.9 Å². The summed E-state index contributed by atoms with van der Waals surface area (Å²) in [5.74, 6) is -0.561. The van der Waals surface area contributed by atoms with Crippen LogP contribution in [0.4, 0.5) is 11.4 Å². The van der Waals surface area contributed by atoms with Crippen LogP contribution < -0.4 is 20.1 Å². The third-order valence-corrected chi connectivity index (χ3v) is 8.90. The number of aryl methyl sites for hydroxylation is 2. The molecule has 10 heteroatoms. The predicted octanol–water partition coefficient (Wildman–Crippen LogP) is 6.64. The fourth-order valence-electron chi connectivity index (χ4n) is 4.32. The first kappa shape index (κ1) is 31.1. The highest BCUT2D eigenvalue weighted by Gasteiger charge is 2.34. The number of phenols is 1. The molecule has 0 aromatic heterocycles. The lowest BCUT2D eigenvalue weighted by molar-refractivity contribution is -0.116. The average molecular weight is 603 g/mol. The number of phenolic OH excluding ortho intramolecular Hbond substituents is 1. The van der Waals surface area contributed by atoms with Crippen molar-refractivity contribution >= 4 is 33.0 Å². The lowest BCUT2D eigenvalue weighted by Gasteiger charge is -2.20. The van der Waals surface area contributed by atoms with Crippen LogP contribution in [0.3, 0.4) is 0 Å². The molecule has 0 radical (unpaired) electrons. The first-order chi connectivity index (χ1) is 20.5. The SMILES string of the molecule is CCCC(C(=O)Nc1cc(O)c(NC(=O)c2ccc(C)cc2)cc1Oc1ccc(OC)cc1)S(=O)(=O)c1ccc(C)cc1. The molecule has 0 saturated heterocycles. The zero-order valence-corrected chi connectivity index (χ0v) is 25.2. The number of amides is 2. The Balaban J connectivity index is 1.69. The van der Waals surface area contributed by atoms with Gasteiger partial charge in [0.2, 0.25) is 5.91 Å². The number of aromatic hydroxyl groups is 1. The molecule has 1 unspecified atom stereocenters. The smallest absolute Gasteiger partial charge is 0.255 e. The number of ether oxygens (including phenoxy) is 2. The maximum absolute atomic E-state index is 13.6. The molecule has 9 nitrogen and oxygen atoms in total. The van der Waals surface area contributed by atoms with Crippen LogP contribution in [0.2, 0.25) is 0 Å². The molecule has 3 N–H and O–H groups in total. The number of methoxy groups -OCH3 is 1. The van der Waals surface area contributed by atoms with Crippen molar-refractivity contribution in [2.45, 2.75) is 43.8 Å². The maximum atomic E-state index is 13.6. The van der Waals surface area contributed by atoms with Gasteiger partial charge in [-0.05, 0) is 68.8 Å². The molecule has 4 aromatic rings. The minimum atomic E-state index is -4.03. The van der Waals surface area contributed by atoms with Gasteiger partial charge in [-0.15, -0.1) is 0 Å². The van der Waals surface area contributed by atoms with Gasteiger partial charge in [0.25, 0.3) is 5.91 Å². The van der Waals surface area contributed by atoms with Crippen LogP contribution in [0.15, 0.2) is 89.8 Å². The zero-order chi connectivity index (χ0) is 31.1. The Bertz CT molecular complexity index is 1700. The number of carbonyl (C=O) groups is 2. The molecule has 0 spiro atoms. The van der Waals surface area contributed by atoms with Gasteiger partial charge in [-0.1, -0.05) is 48.7 Å². The van der Waals surface area contributed by atoms with E-state index in [4.69, 9.17) is 9.47 Å². The molecule has 0 aliphatic rings. The Morgan fingerprint density at radius 3 is 1.98 bits per heavy atom. The second-order valence-electron chi connectivity index (χ2n) is 10.1. The number of rotatable bonds is 11. The number of carbonyl (C=O) groups excluding carboxylic acids is 2. The van der Waals surface area contributed by atoms with Gasteiger partial charge in [-0.25, -0.2) is 8.42 Å². The molecule has 4 aromatic carbocycles. The van der Waals surface area contributed by atoms with Gasteiger partial charge in [0.05, 0.1) is 23.4 Å². The second-order valence-corrected chi connectivity index (χ2v) is 12.2. The van der Waals surface area contributed by atoms with Crippen LogP contribution in [0, 0.1) is 13.8 Å². The fraction of sp³-hybridized carbons (Fsp3) is 0.212. The Morgan fingerprint density at radius 1 is 0.814 bits per heavy atom. The Morgan fingerprint density at radius 2 is 1.40 bits per heavy atom. The molecule has 0 fully saturated rings. The van der Waals surface area contributed by atoms with E-state index in [2.05, 4.69) is 10.6 Å². The molecule has 0 heterocycles. The molecule has 4 rings (SSSR count).